The third kappa shape index (κ3) is 3.41. The quantitative estimate of drug-likeness (QED) is 0.695. The Morgan fingerprint density at radius 3 is 2.82 bits per heavy atom. The van der Waals surface area contributed by atoms with Gasteiger partial charge in [0, 0.05) is 15.6 Å². The number of nitrogens with zero attached hydrogens (tertiary/aromatic N) is 3. The Kier molecular flexibility index (Phi) is 4.91. The van der Waals surface area contributed by atoms with E-state index in [1.54, 1.807) is 19.3 Å². The van der Waals surface area contributed by atoms with Crippen molar-refractivity contribution >= 4 is 55.7 Å². The highest BCUT2D eigenvalue weighted by molar-refractivity contribution is 9.10. The molecule has 0 aromatic heterocycles. The Hall–Kier alpha value is -2.71. The van der Waals surface area contributed by atoms with Gasteiger partial charge in [0.2, 0.25) is 5.17 Å². The highest BCUT2D eigenvalue weighted by atomic mass is 79.9. The van der Waals surface area contributed by atoms with Crippen molar-refractivity contribution in [2.45, 2.75) is 6.92 Å². The van der Waals surface area contributed by atoms with E-state index in [0.717, 1.165) is 15.6 Å². The highest BCUT2D eigenvalue weighted by Crippen LogP contribution is 2.32. The van der Waals surface area contributed by atoms with Crippen LogP contribution in [0.5, 0.6) is 5.75 Å². The molecule has 2 aromatic rings. The van der Waals surface area contributed by atoms with Crippen molar-refractivity contribution in [1.82, 2.24) is 5.01 Å². The fourth-order valence-electron chi connectivity index (χ4n) is 2.86. The normalized spacial score (nSPS) is 17.5. The lowest BCUT2D eigenvalue weighted by atomic mass is 10.1. The molecular formula is C20H15BrN4O2S. The van der Waals surface area contributed by atoms with Gasteiger partial charge in [-0.2, -0.15) is 15.1 Å². The number of hydrogen-bond acceptors (Lipinski definition) is 5. The molecule has 28 heavy (non-hydrogen) atoms. The molecule has 2 aliphatic heterocycles. The van der Waals surface area contributed by atoms with Crippen LogP contribution in [0.15, 0.2) is 62.6 Å². The lowest BCUT2D eigenvalue weighted by Crippen LogP contribution is -2.35. The average Bonchev–Trinajstić information content (AvgIpc) is 3.09. The number of methoxy groups -OCH3 is 1. The fraction of sp³-hybridized carbons (Fsp3) is 0.100. The number of nitrogens with one attached hydrogen (secondary N) is 1. The standard InChI is InChI=1S/C20H15BrN4O2S/c1-11-4-3-5-12(8-11)19-24-25-17(22)15(18(26)23-20(25)28-19)10-13-9-14(21)6-7-16(13)27-2/h3-10,22H,1-2H3/b15-10+,22-17?. The topological polar surface area (TPSA) is 78.1 Å². The first-order valence-corrected chi connectivity index (χ1v) is 9.98. The Bertz CT molecular complexity index is 1110. The zero-order chi connectivity index (χ0) is 19.8. The van der Waals surface area contributed by atoms with Gasteiger partial charge < -0.3 is 4.74 Å². The van der Waals surface area contributed by atoms with Crippen LogP contribution >= 0.6 is 27.7 Å². The summed E-state index contributed by atoms with van der Waals surface area (Å²) in [7, 11) is 1.56. The highest BCUT2D eigenvalue weighted by Gasteiger charge is 2.36. The van der Waals surface area contributed by atoms with Gasteiger partial charge in [0.1, 0.15) is 10.8 Å². The van der Waals surface area contributed by atoms with Crippen LogP contribution < -0.4 is 4.74 Å². The Balaban J connectivity index is 1.73. The molecule has 0 bridgehead atoms. The number of hydrazone groups is 1. The summed E-state index contributed by atoms with van der Waals surface area (Å²) in [6, 6.07) is 13.4. The van der Waals surface area contributed by atoms with E-state index in [-0.39, 0.29) is 11.4 Å². The van der Waals surface area contributed by atoms with Crippen molar-refractivity contribution in [3.8, 4) is 5.75 Å². The van der Waals surface area contributed by atoms with Crippen molar-refractivity contribution in [1.29, 1.82) is 5.41 Å². The first-order chi connectivity index (χ1) is 13.5. The number of hydrogen-bond donors (Lipinski definition) is 1. The fourth-order valence-corrected chi connectivity index (χ4v) is 4.13. The summed E-state index contributed by atoms with van der Waals surface area (Å²) in [5, 5.41) is 15.5. The first kappa shape index (κ1) is 18.6. The monoisotopic (exact) mass is 454 g/mol. The van der Waals surface area contributed by atoms with E-state index >= 15 is 0 Å². The Morgan fingerprint density at radius 2 is 2.07 bits per heavy atom. The van der Waals surface area contributed by atoms with Crippen LogP contribution in [0.2, 0.25) is 0 Å². The molecule has 0 spiro atoms. The van der Waals surface area contributed by atoms with Crippen molar-refractivity contribution < 1.29 is 9.53 Å². The van der Waals surface area contributed by atoms with Crippen molar-refractivity contribution in [3.05, 3.63) is 69.2 Å². The first-order valence-electron chi connectivity index (χ1n) is 8.37. The van der Waals surface area contributed by atoms with Crippen LogP contribution in [0.3, 0.4) is 0 Å². The molecule has 1 N–H and O–H groups in total. The molecule has 0 fully saturated rings. The Morgan fingerprint density at radius 1 is 1.25 bits per heavy atom. The summed E-state index contributed by atoms with van der Waals surface area (Å²) in [5.74, 6) is 0.129. The summed E-state index contributed by atoms with van der Waals surface area (Å²) in [6.07, 6.45) is 1.61. The zero-order valence-electron chi connectivity index (χ0n) is 15.1. The van der Waals surface area contributed by atoms with E-state index < -0.39 is 5.91 Å². The van der Waals surface area contributed by atoms with Crippen LogP contribution in [0, 0.1) is 12.3 Å². The largest absolute Gasteiger partial charge is 0.496 e. The minimum absolute atomic E-state index is 0.00724. The van der Waals surface area contributed by atoms with Gasteiger partial charge in [-0.1, -0.05) is 39.7 Å². The summed E-state index contributed by atoms with van der Waals surface area (Å²) < 4.78 is 6.20. The van der Waals surface area contributed by atoms with Crippen LogP contribution in [0.25, 0.3) is 6.08 Å². The molecular weight excluding hydrogens is 440 g/mol. The molecule has 0 saturated carbocycles. The third-order valence-corrected chi connectivity index (χ3v) is 5.66. The maximum atomic E-state index is 12.6. The van der Waals surface area contributed by atoms with Crippen molar-refractivity contribution in [2.75, 3.05) is 7.11 Å². The number of aliphatic imine (C=N–C) groups is 1. The maximum absolute atomic E-state index is 12.6. The zero-order valence-corrected chi connectivity index (χ0v) is 17.5. The number of amides is 1. The average molecular weight is 455 g/mol. The number of thioether (sulfide) groups is 1. The van der Waals surface area contributed by atoms with E-state index in [0.29, 0.717) is 21.5 Å². The van der Waals surface area contributed by atoms with Crippen LogP contribution in [0.4, 0.5) is 0 Å². The summed E-state index contributed by atoms with van der Waals surface area (Å²) in [4.78, 5) is 16.7. The summed E-state index contributed by atoms with van der Waals surface area (Å²) >= 11 is 4.71. The SMILES string of the molecule is COc1ccc(Br)cc1/C=C1\C(=N)N2N=C(c3cccc(C)c3)SC2=NC1=O. The van der Waals surface area contributed by atoms with Gasteiger partial charge in [0.15, 0.2) is 5.84 Å². The lowest BCUT2D eigenvalue weighted by Gasteiger charge is -2.20. The van der Waals surface area contributed by atoms with Crippen LogP contribution in [0.1, 0.15) is 16.7 Å². The molecule has 2 aromatic carbocycles. The number of halogens is 1. The minimum Gasteiger partial charge on any atom is -0.496 e. The van der Waals surface area contributed by atoms with E-state index in [9.17, 15) is 4.79 Å². The molecule has 0 aliphatic carbocycles. The number of ether oxygens (including phenoxy) is 1. The van der Waals surface area contributed by atoms with Crippen molar-refractivity contribution in [3.63, 3.8) is 0 Å². The second-order valence-electron chi connectivity index (χ2n) is 6.18. The molecule has 140 valence electrons. The number of fused-ring (bicyclic) bond motifs is 1. The molecule has 6 nitrogen and oxygen atoms in total. The minimum atomic E-state index is -0.466. The predicted molar refractivity (Wildman–Crippen MR) is 116 cm³/mol. The molecule has 0 unspecified atom stereocenters. The molecule has 0 atom stereocenters. The van der Waals surface area contributed by atoms with E-state index in [1.807, 2.05) is 43.3 Å². The number of amidine groups is 2. The van der Waals surface area contributed by atoms with Gasteiger partial charge in [-0.25, -0.2) is 0 Å². The van der Waals surface area contributed by atoms with Gasteiger partial charge in [0.05, 0.1) is 12.7 Å². The van der Waals surface area contributed by atoms with E-state index in [4.69, 9.17) is 10.1 Å². The van der Waals surface area contributed by atoms with Gasteiger partial charge in [0.25, 0.3) is 5.91 Å². The molecule has 2 heterocycles. The number of carbonyl (C=O) groups excluding carboxylic acids is 1. The molecule has 2 aliphatic rings. The number of rotatable bonds is 3. The molecule has 0 radical (unpaired) electrons. The van der Waals surface area contributed by atoms with Gasteiger partial charge in [-0.05, 0) is 49.0 Å². The third-order valence-electron chi connectivity index (χ3n) is 4.21. The lowest BCUT2D eigenvalue weighted by molar-refractivity contribution is -0.114. The van der Waals surface area contributed by atoms with Crippen LogP contribution in [-0.2, 0) is 4.79 Å². The van der Waals surface area contributed by atoms with E-state index in [2.05, 4.69) is 26.0 Å². The summed E-state index contributed by atoms with van der Waals surface area (Å²) in [6.45, 7) is 2.01. The van der Waals surface area contributed by atoms with Gasteiger partial charge in [-0.15, -0.1) is 0 Å². The smallest absolute Gasteiger partial charge is 0.283 e. The number of carbonyl (C=O) groups is 1. The second-order valence-corrected chi connectivity index (χ2v) is 8.05. The molecule has 4 rings (SSSR count). The van der Waals surface area contributed by atoms with Crippen molar-refractivity contribution in [2.24, 2.45) is 10.1 Å². The van der Waals surface area contributed by atoms with Gasteiger partial charge in [-0.3, -0.25) is 10.2 Å². The number of benzene rings is 2. The Labute approximate surface area is 174 Å². The van der Waals surface area contributed by atoms with Gasteiger partial charge >= 0.3 is 0 Å². The van der Waals surface area contributed by atoms with Crippen LogP contribution in [-0.4, -0.2) is 34.1 Å². The predicted octanol–water partition coefficient (Wildman–Crippen LogP) is 4.43. The molecule has 1 amide bonds. The second kappa shape index (κ2) is 7.37. The molecule has 0 saturated heterocycles. The molecule has 8 heteroatoms. The maximum Gasteiger partial charge on any atom is 0.283 e. The summed E-state index contributed by atoms with van der Waals surface area (Å²) in [5.41, 5.74) is 2.89. The van der Waals surface area contributed by atoms with E-state index in [1.165, 1.54) is 16.8 Å². The number of aryl methyl sites for hydroxylation is 1.